The number of carboxylic acids is 1. The summed E-state index contributed by atoms with van der Waals surface area (Å²) in [7, 11) is 0. The number of nitrogens with one attached hydrogen (secondary N) is 1. The lowest BCUT2D eigenvalue weighted by Crippen LogP contribution is -2.45. The number of hydrogen-bond donors (Lipinski definition) is 2. The average molecular weight is 299 g/mol. The maximum absolute atomic E-state index is 12.3. The SMILES string of the molecule is CCSC1CCCCC1NC(=O)[C@@H]1CC[C@H](C(=O)O)C1. The van der Waals surface area contributed by atoms with Gasteiger partial charge < -0.3 is 10.4 Å². The van der Waals surface area contributed by atoms with Crippen molar-refractivity contribution in [1.82, 2.24) is 5.32 Å². The first kappa shape index (κ1) is 15.7. The first-order valence-corrected chi connectivity index (χ1v) is 8.81. The molecule has 1 amide bonds. The molecule has 2 rings (SSSR count). The van der Waals surface area contributed by atoms with Gasteiger partial charge in [0, 0.05) is 17.2 Å². The summed E-state index contributed by atoms with van der Waals surface area (Å²) in [6.07, 6.45) is 6.58. The number of aliphatic carboxylic acids is 1. The molecule has 0 aromatic carbocycles. The van der Waals surface area contributed by atoms with E-state index in [4.69, 9.17) is 5.11 Å². The second-order valence-electron chi connectivity index (χ2n) is 5.94. The second kappa shape index (κ2) is 7.34. The van der Waals surface area contributed by atoms with Crippen LogP contribution in [0.5, 0.6) is 0 Å². The van der Waals surface area contributed by atoms with Crippen molar-refractivity contribution < 1.29 is 14.7 Å². The van der Waals surface area contributed by atoms with Crippen molar-refractivity contribution in [2.45, 2.75) is 63.2 Å². The fraction of sp³-hybridized carbons (Fsp3) is 0.867. The quantitative estimate of drug-likeness (QED) is 0.819. The van der Waals surface area contributed by atoms with Crippen molar-refractivity contribution in [1.29, 1.82) is 0 Å². The molecule has 2 aliphatic carbocycles. The molecular weight excluding hydrogens is 274 g/mol. The first-order chi connectivity index (χ1) is 9.61. The van der Waals surface area contributed by atoms with Crippen molar-refractivity contribution in [2.24, 2.45) is 11.8 Å². The zero-order valence-corrected chi connectivity index (χ0v) is 13.0. The molecule has 0 radical (unpaired) electrons. The molecule has 0 aliphatic heterocycles. The summed E-state index contributed by atoms with van der Waals surface area (Å²) in [5.74, 6) is 0.00428. The van der Waals surface area contributed by atoms with Gasteiger partial charge in [-0.15, -0.1) is 0 Å². The summed E-state index contributed by atoms with van der Waals surface area (Å²) in [4.78, 5) is 23.3. The van der Waals surface area contributed by atoms with Crippen LogP contribution in [0.2, 0.25) is 0 Å². The van der Waals surface area contributed by atoms with E-state index in [1.165, 1.54) is 19.3 Å². The van der Waals surface area contributed by atoms with Crippen LogP contribution >= 0.6 is 11.8 Å². The first-order valence-electron chi connectivity index (χ1n) is 7.76. The Balaban J connectivity index is 1.85. The van der Waals surface area contributed by atoms with Crippen LogP contribution in [0.25, 0.3) is 0 Å². The van der Waals surface area contributed by atoms with Gasteiger partial charge in [0.15, 0.2) is 0 Å². The standard InChI is InChI=1S/C15H25NO3S/c1-2-20-13-6-4-3-5-12(13)16-14(17)10-7-8-11(9-10)15(18)19/h10-13H,2-9H2,1H3,(H,16,17)(H,18,19)/t10-,11+,12?,13?/m1/s1. The molecule has 2 unspecified atom stereocenters. The monoisotopic (exact) mass is 299 g/mol. The predicted octanol–water partition coefficient (Wildman–Crippen LogP) is 2.67. The van der Waals surface area contributed by atoms with Gasteiger partial charge in [0.05, 0.1) is 5.92 Å². The third kappa shape index (κ3) is 3.90. The minimum absolute atomic E-state index is 0.0855. The average Bonchev–Trinajstić information content (AvgIpc) is 2.91. The summed E-state index contributed by atoms with van der Waals surface area (Å²) in [5.41, 5.74) is 0. The highest BCUT2D eigenvalue weighted by molar-refractivity contribution is 7.99. The number of carbonyl (C=O) groups is 2. The molecule has 4 atom stereocenters. The molecule has 2 N–H and O–H groups in total. The zero-order chi connectivity index (χ0) is 14.5. The summed E-state index contributed by atoms with van der Waals surface area (Å²) in [6, 6.07) is 0.282. The number of amides is 1. The lowest BCUT2D eigenvalue weighted by atomic mass is 9.94. The van der Waals surface area contributed by atoms with Gasteiger partial charge in [-0.2, -0.15) is 11.8 Å². The minimum atomic E-state index is -0.752. The molecule has 0 aromatic rings. The van der Waals surface area contributed by atoms with Gasteiger partial charge >= 0.3 is 5.97 Å². The van der Waals surface area contributed by atoms with E-state index in [-0.39, 0.29) is 23.8 Å². The van der Waals surface area contributed by atoms with Gasteiger partial charge in [-0.25, -0.2) is 0 Å². The lowest BCUT2D eigenvalue weighted by Gasteiger charge is -2.32. The summed E-state index contributed by atoms with van der Waals surface area (Å²) in [5, 5.41) is 12.8. The van der Waals surface area contributed by atoms with E-state index in [9.17, 15) is 9.59 Å². The van der Waals surface area contributed by atoms with E-state index >= 15 is 0 Å². The van der Waals surface area contributed by atoms with E-state index in [1.54, 1.807) is 0 Å². The highest BCUT2D eigenvalue weighted by atomic mass is 32.2. The Hall–Kier alpha value is -0.710. The fourth-order valence-corrected chi connectivity index (χ4v) is 4.62. The van der Waals surface area contributed by atoms with Crippen LogP contribution in [0.1, 0.15) is 51.9 Å². The van der Waals surface area contributed by atoms with Crippen LogP contribution < -0.4 is 5.32 Å². The molecule has 0 bridgehead atoms. The number of carboxylic acid groups (broad SMARTS) is 1. The fourth-order valence-electron chi connectivity index (χ4n) is 3.42. The van der Waals surface area contributed by atoms with Crippen molar-refractivity contribution in [3.8, 4) is 0 Å². The van der Waals surface area contributed by atoms with E-state index in [2.05, 4.69) is 12.2 Å². The highest BCUT2D eigenvalue weighted by Crippen LogP contribution is 2.33. The van der Waals surface area contributed by atoms with Crippen molar-refractivity contribution in [2.75, 3.05) is 5.75 Å². The Morgan fingerprint density at radius 3 is 2.50 bits per heavy atom. The van der Waals surface area contributed by atoms with Gasteiger partial charge in [-0.3, -0.25) is 9.59 Å². The van der Waals surface area contributed by atoms with Crippen LogP contribution in [0.15, 0.2) is 0 Å². The molecule has 2 saturated carbocycles. The largest absolute Gasteiger partial charge is 0.481 e. The number of thioether (sulfide) groups is 1. The molecule has 0 saturated heterocycles. The summed E-state index contributed by atoms with van der Waals surface area (Å²) >= 11 is 1.94. The van der Waals surface area contributed by atoms with E-state index in [0.717, 1.165) is 18.6 Å². The van der Waals surface area contributed by atoms with E-state index in [0.29, 0.717) is 18.1 Å². The van der Waals surface area contributed by atoms with Gasteiger partial charge in [0.2, 0.25) is 5.91 Å². The zero-order valence-electron chi connectivity index (χ0n) is 12.1. The molecule has 0 aromatic heterocycles. The Labute approximate surface area is 125 Å². The second-order valence-corrected chi connectivity index (χ2v) is 7.45. The minimum Gasteiger partial charge on any atom is -0.481 e. The molecule has 0 spiro atoms. The Kier molecular flexibility index (Phi) is 5.75. The number of hydrogen-bond acceptors (Lipinski definition) is 3. The number of carbonyl (C=O) groups excluding carboxylic acids is 1. The summed E-state index contributed by atoms with van der Waals surface area (Å²) < 4.78 is 0. The van der Waals surface area contributed by atoms with Crippen LogP contribution in [-0.4, -0.2) is 34.0 Å². The van der Waals surface area contributed by atoms with Gasteiger partial charge in [0.25, 0.3) is 0 Å². The van der Waals surface area contributed by atoms with Crippen molar-refractivity contribution in [3.05, 3.63) is 0 Å². The van der Waals surface area contributed by atoms with Crippen molar-refractivity contribution >= 4 is 23.6 Å². The maximum atomic E-state index is 12.3. The smallest absolute Gasteiger partial charge is 0.306 e. The molecule has 20 heavy (non-hydrogen) atoms. The molecule has 4 nitrogen and oxygen atoms in total. The molecule has 2 aliphatic rings. The van der Waals surface area contributed by atoms with Crippen LogP contribution in [0.3, 0.4) is 0 Å². The van der Waals surface area contributed by atoms with Crippen molar-refractivity contribution in [3.63, 3.8) is 0 Å². The van der Waals surface area contributed by atoms with Gasteiger partial charge in [-0.05, 0) is 37.9 Å². The third-order valence-electron chi connectivity index (χ3n) is 4.56. The maximum Gasteiger partial charge on any atom is 0.306 e. The Morgan fingerprint density at radius 1 is 1.15 bits per heavy atom. The Bertz CT molecular complexity index is 359. The molecule has 0 heterocycles. The van der Waals surface area contributed by atoms with Crippen LogP contribution in [0.4, 0.5) is 0 Å². The molecule has 2 fully saturated rings. The highest BCUT2D eigenvalue weighted by Gasteiger charge is 2.35. The normalized spacial score (nSPS) is 33.9. The van der Waals surface area contributed by atoms with Crippen LogP contribution in [-0.2, 0) is 9.59 Å². The lowest BCUT2D eigenvalue weighted by molar-refractivity contribution is -0.141. The molecule has 5 heteroatoms. The molecular formula is C15H25NO3S. The summed E-state index contributed by atoms with van der Waals surface area (Å²) in [6.45, 7) is 2.16. The number of rotatable bonds is 5. The molecule has 114 valence electrons. The Morgan fingerprint density at radius 2 is 1.85 bits per heavy atom. The van der Waals surface area contributed by atoms with E-state index in [1.807, 2.05) is 11.8 Å². The van der Waals surface area contributed by atoms with Gasteiger partial charge in [-0.1, -0.05) is 19.8 Å². The third-order valence-corrected chi connectivity index (χ3v) is 5.89. The van der Waals surface area contributed by atoms with Gasteiger partial charge in [0.1, 0.15) is 0 Å². The van der Waals surface area contributed by atoms with Crippen LogP contribution in [0, 0.1) is 11.8 Å². The predicted molar refractivity (Wildman–Crippen MR) is 80.8 cm³/mol. The van der Waals surface area contributed by atoms with E-state index < -0.39 is 5.97 Å². The topological polar surface area (TPSA) is 66.4 Å².